The quantitative estimate of drug-likeness (QED) is 0.891. The number of halogens is 3. The number of nitrogens with zero attached hydrogens (tertiary/aromatic N) is 2. The van der Waals surface area contributed by atoms with Crippen LogP contribution in [0.1, 0.15) is 11.3 Å². The number of rotatable bonds is 6. The molecule has 0 amide bonds. The van der Waals surface area contributed by atoms with Crippen LogP contribution in [-0.2, 0) is 20.1 Å². The van der Waals surface area contributed by atoms with E-state index in [1.54, 1.807) is 10.7 Å². The summed E-state index contributed by atoms with van der Waals surface area (Å²) < 4.78 is 30.8. The fourth-order valence-electron chi connectivity index (χ4n) is 1.78. The highest BCUT2D eigenvalue weighted by molar-refractivity contribution is 6.30. The largest absolute Gasteiger partial charge is 0.434 e. The first-order chi connectivity index (χ1) is 9.54. The summed E-state index contributed by atoms with van der Waals surface area (Å²) >= 11 is 5.87. The van der Waals surface area contributed by atoms with Crippen molar-refractivity contribution in [2.45, 2.75) is 19.7 Å². The van der Waals surface area contributed by atoms with E-state index in [1.165, 1.54) is 12.1 Å². The first-order valence-corrected chi connectivity index (χ1v) is 6.35. The minimum Gasteiger partial charge on any atom is -0.434 e. The van der Waals surface area contributed by atoms with Gasteiger partial charge in [0, 0.05) is 36.9 Å². The van der Waals surface area contributed by atoms with Crippen LogP contribution in [0.5, 0.6) is 5.75 Å². The van der Waals surface area contributed by atoms with Crippen molar-refractivity contribution < 1.29 is 13.5 Å². The van der Waals surface area contributed by atoms with Gasteiger partial charge in [0.05, 0.1) is 5.69 Å². The van der Waals surface area contributed by atoms with Gasteiger partial charge in [-0.2, -0.15) is 13.9 Å². The average molecular weight is 302 g/mol. The minimum atomic E-state index is -2.86. The minimum absolute atomic E-state index is 0.123. The lowest BCUT2D eigenvalue weighted by atomic mass is 10.2. The number of alkyl halides is 2. The highest BCUT2D eigenvalue weighted by atomic mass is 35.5. The summed E-state index contributed by atoms with van der Waals surface area (Å²) in [5, 5.41) is 7.79. The van der Waals surface area contributed by atoms with Crippen molar-refractivity contribution in [2.75, 3.05) is 0 Å². The van der Waals surface area contributed by atoms with Crippen LogP contribution in [0.3, 0.4) is 0 Å². The van der Waals surface area contributed by atoms with Crippen LogP contribution >= 0.6 is 11.6 Å². The van der Waals surface area contributed by atoms with Crippen molar-refractivity contribution in [3.8, 4) is 5.75 Å². The summed E-state index contributed by atoms with van der Waals surface area (Å²) in [6.07, 6.45) is 1.84. The van der Waals surface area contributed by atoms with E-state index in [0.717, 1.165) is 5.69 Å². The lowest BCUT2D eigenvalue weighted by Crippen LogP contribution is -2.15. The molecule has 1 N–H and O–H groups in total. The number of hydrogen-bond donors (Lipinski definition) is 1. The maximum Gasteiger partial charge on any atom is 0.387 e. The van der Waals surface area contributed by atoms with E-state index >= 15 is 0 Å². The smallest absolute Gasteiger partial charge is 0.387 e. The number of nitrogens with one attached hydrogen (secondary N) is 1. The van der Waals surface area contributed by atoms with E-state index in [1.807, 2.05) is 19.3 Å². The topological polar surface area (TPSA) is 39.1 Å². The van der Waals surface area contributed by atoms with Crippen molar-refractivity contribution in [3.63, 3.8) is 0 Å². The third-order valence-electron chi connectivity index (χ3n) is 2.63. The Morgan fingerprint density at radius 1 is 1.35 bits per heavy atom. The van der Waals surface area contributed by atoms with Gasteiger partial charge in [0.1, 0.15) is 5.75 Å². The molecule has 108 valence electrons. The second-order valence-electron chi connectivity index (χ2n) is 4.21. The maximum absolute atomic E-state index is 12.3. The Balaban J connectivity index is 1.98. The number of aryl methyl sites for hydroxylation is 1. The molecule has 0 radical (unpaired) electrons. The van der Waals surface area contributed by atoms with Crippen molar-refractivity contribution in [3.05, 3.63) is 46.7 Å². The summed E-state index contributed by atoms with van der Waals surface area (Å²) in [7, 11) is 1.83. The van der Waals surface area contributed by atoms with Gasteiger partial charge >= 0.3 is 6.61 Å². The average Bonchev–Trinajstić information content (AvgIpc) is 2.78. The molecule has 2 aromatic rings. The fraction of sp³-hybridized carbons (Fsp3) is 0.308. The van der Waals surface area contributed by atoms with Gasteiger partial charge in [-0.15, -0.1) is 0 Å². The maximum atomic E-state index is 12.3. The molecule has 2 rings (SSSR count). The second kappa shape index (κ2) is 6.67. The van der Waals surface area contributed by atoms with Gasteiger partial charge in [0.15, 0.2) is 0 Å². The standard InChI is InChI=1S/C13H14ClF2N3O/c1-19-5-4-11(18-19)8-17-7-9-6-10(14)2-3-12(9)20-13(15)16/h2-6,13,17H,7-8H2,1H3. The zero-order chi connectivity index (χ0) is 14.5. The summed E-state index contributed by atoms with van der Waals surface area (Å²) in [6, 6.07) is 6.43. The Labute approximate surface area is 120 Å². The molecule has 0 bridgehead atoms. The van der Waals surface area contributed by atoms with Gasteiger partial charge in [0.25, 0.3) is 0 Å². The molecule has 0 fully saturated rings. The van der Waals surface area contributed by atoms with Crippen LogP contribution in [0.15, 0.2) is 30.5 Å². The molecule has 7 heteroatoms. The molecule has 0 atom stereocenters. The molecule has 0 saturated carbocycles. The Morgan fingerprint density at radius 2 is 2.15 bits per heavy atom. The number of aromatic nitrogens is 2. The zero-order valence-electron chi connectivity index (χ0n) is 10.8. The van der Waals surface area contributed by atoms with Gasteiger partial charge in [-0.1, -0.05) is 11.6 Å². The summed E-state index contributed by atoms with van der Waals surface area (Å²) in [5.74, 6) is 0.123. The molecule has 20 heavy (non-hydrogen) atoms. The highest BCUT2D eigenvalue weighted by Gasteiger charge is 2.10. The summed E-state index contributed by atoms with van der Waals surface area (Å²) in [6.45, 7) is -1.97. The molecular weight excluding hydrogens is 288 g/mol. The molecule has 0 aliphatic rings. The summed E-state index contributed by atoms with van der Waals surface area (Å²) in [5.41, 5.74) is 1.44. The van der Waals surface area contributed by atoms with Crippen LogP contribution in [0.25, 0.3) is 0 Å². The molecule has 0 aliphatic heterocycles. The van der Waals surface area contributed by atoms with E-state index < -0.39 is 6.61 Å². The summed E-state index contributed by atoms with van der Waals surface area (Å²) in [4.78, 5) is 0. The lowest BCUT2D eigenvalue weighted by Gasteiger charge is -2.11. The van der Waals surface area contributed by atoms with Gasteiger partial charge in [-0.25, -0.2) is 0 Å². The Morgan fingerprint density at radius 3 is 2.80 bits per heavy atom. The number of hydrogen-bond acceptors (Lipinski definition) is 3. The predicted octanol–water partition coefficient (Wildman–Crippen LogP) is 2.96. The van der Waals surface area contributed by atoms with Gasteiger partial charge in [-0.3, -0.25) is 4.68 Å². The van der Waals surface area contributed by atoms with Crippen molar-refractivity contribution >= 4 is 11.6 Å². The van der Waals surface area contributed by atoms with Crippen molar-refractivity contribution in [1.29, 1.82) is 0 Å². The highest BCUT2D eigenvalue weighted by Crippen LogP contribution is 2.24. The SMILES string of the molecule is Cn1ccc(CNCc2cc(Cl)ccc2OC(F)F)n1. The van der Waals surface area contributed by atoms with Crippen LogP contribution < -0.4 is 10.1 Å². The van der Waals surface area contributed by atoms with E-state index in [0.29, 0.717) is 23.7 Å². The molecule has 1 aromatic carbocycles. The van der Waals surface area contributed by atoms with Crippen LogP contribution in [-0.4, -0.2) is 16.4 Å². The fourth-order valence-corrected chi connectivity index (χ4v) is 1.97. The monoisotopic (exact) mass is 301 g/mol. The second-order valence-corrected chi connectivity index (χ2v) is 4.65. The molecule has 1 heterocycles. The van der Waals surface area contributed by atoms with E-state index in [2.05, 4.69) is 15.2 Å². The molecule has 0 saturated heterocycles. The van der Waals surface area contributed by atoms with Crippen LogP contribution in [0.4, 0.5) is 8.78 Å². The van der Waals surface area contributed by atoms with Gasteiger partial charge in [0.2, 0.25) is 0 Å². The first-order valence-electron chi connectivity index (χ1n) is 5.97. The molecular formula is C13H14ClF2N3O. The number of ether oxygens (including phenoxy) is 1. The van der Waals surface area contributed by atoms with Crippen LogP contribution in [0.2, 0.25) is 5.02 Å². The predicted molar refractivity (Wildman–Crippen MR) is 71.8 cm³/mol. The lowest BCUT2D eigenvalue weighted by molar-refractivity contribution is -0.0505. The normalized spacial score (nSPS) is 11.1. The third kappa shape index (κ3) is 4.18. The first kappa shape index (κ1) is 14.7. The van der Waals surface area contributed by atoms with Gasteiger partial charge < -0.3 is 10.1 Å². The molecule has 1 aromatic heterocycles. The molecule has 0 unspecified atom stereocenters. The number of benzene rings is 1. The zero-order valence-corrected chi connectivity index (χ0v) is 11.6. The van der Waals surface area contributed by atoms with Gasteiger partial charge in [-0.05, 0) is 24.3 Å². The van der Waals surface area contributed by atoms with E-state index in [4.69, 9.17) is 11.6 Å². The van der Waals surface area contributed by atoms with Crippen molar-refractivity contribution in [1.82, 2.24) is 15.1 Å². The molecule has 0 spiro atoms. The van der Waals surface area contributed by atoms with Crippen LogP contribution in [0, 0.1) is 0 Å². The van der Waals surface area contributed by atoms with E-state index in [9.17, 15) is 8.78 Å². The molecule has 4 nitrogen and oxygen atoms in total. The Hall–Kier alpha value is -1.66. The van der Waals surface area contributed by atoms with E-state index in [-0.39, 0.29) is 5.75 Å². The Kier molecular flexibility index (Phi) is 4.92. The third-order valence-corrected chi connectivity index (χ3v) is 2.86. The molecule has 0 aliphatic carbocycles. The Bertz CT molecular complexity index is 574. The van der Waals surface area contributed by atoms with Crippen molar-refractivity contribution in [2.24, 2.45) is 7.05 Å².